The maximum Gasteiger partial charge on any atom is 0.234 e. The fourth-order valence-corrected chi connectivity index (χ4v) is 2.49. The van der Waals surface area contributed by atoms with Gasteiger partial charge in [-0.3, -0.25) is 4.79 Å². The highest BCUT2D eigenvalue weighted by Gasteiger charge is 2.09. The summed E-state index contributed by atoms with van der Waals surface area (Å²) in [4.78, 5) is 19.8. The molecule has 0 saturated carbocycles. The Balaban J connectivity index is 1.94. The van der Waals surface area contributed by atoms with Crippen LogP contribution >= 0.6 is 23.4 Å². The Hall–Kier alpha value is -2.50. The van der Waals surface area contributed by atoms with Gasteiger partial charge in [-0.25, -0.2) is 9.97 Å². The number of aromatic nitrogens is 2. The van der Waals surface area contributed by atoms with Gasteiger partial charge in [-0.2, -0.15) is 5.26 Å². The highest BCUT2D eigenvalue weighted by Crippen LogP contribution is 2.27. The van der Waals surface area contributed by atoms with E-state index in [9.17, 15) is 4.79 Å². The molecule has 0 atom stereocenters. The monoisotopic (exact) mass is 349 g/mol. The van der Waals surface area contributed by atoms with Gasteiger partial charge < -0.3 is 15.8 Å². The first-order valence-electron chi connectivity index (χ1n) is 6.32. The lowest BCUT2D eigenvalue weighted by molar-refractivity contribution is -0.113. The van der Waals surface area contributed by atoms with E-state index in [4.69, 9.17) is 27.3 Å². The van der Waals surface area contributed by atoms with Crippen molar-refractivity contribution >= 4 is 40.8 Å². The zero-order chi connectivity index (χ0) is 16.8. The summed E-state index contributed by atoms with van der Waals surface area (Å²) in [5, 5.41) is 12.2. The number of nitrogens with one attached hydrogen (secondary N) is 1. The molecule has 0 unspecified atom stereocenters. The van der Waals surface area contributed by atoms with Gasteiger partial charge in [-0.05, 0) is 18.2 Å². The number of nitrogens with two attached hydrogens (primary N) is 1. The average molecular weight is 350 g/mol. The summed E-state index contributed by atoms with van der Waals surface area (Å²) in [6, 6.07) is 6.82. The third-order valence-electron chi connectivity index (χ3n) is 2.68. The smallest absolute Gasteiger partial charge is 0.234 e. The van der Waals surface area contributed by atoms with Crippen LogP contribution in [0.1, 0.15) is 5.56 Å². The number of hydrogen-bond donors (Lipinski definition) is 2. The molecule has 7 nitrogen and oxygen atoms in total. The third kappa shape index (κ3) is 4.48. The van der Waals surface area contributed by atoms with Crippen molar-refractivity contribution in [2.75, 3.05) is 23.9 Å². The minimum absolute atomic E-state index is 0.0901. The molecule has 1 aromatic heterocycles. The van der Waals surface area contributed by atoms with Gasteiger partial charge in [0.05, 0.1) is 24.1 Å². The molecule has 3 N–H and O–H groups in total. The number of amides is 1. The standard InChI is InChI=1S/C14H12ClN5O2S/c1-22-11-3-2-9(4-10(11)15)19-12(21)7-23-14-18-6-8(5-16)13(17)20-14/h2-4,6H,7H2,1H3,(H,19,21)(H2,17,18,20). The predicted molar refractivity (Wildman–Crippen MR) is 88.5 cm³/mol. The number of carbonyl (C=O) groups is 1. The lowest BCUT2D eigenvalue weighted by Gasteiger charge is -2.08. The van der Waals surface area contributed by atoms with Gasteiger partial charge >= 0.3 is 0 Å². The second-order valence-corrected chi connectivity index (χ2v) is 5.60. The molecule has 0 spiro atoms. The van der Waals surface area contributed by atoms with Crippen LogP contribution in [0.25, 0.3) is 0 Å². The van der Waals surface area contributed by atoms with E-state index in [2.05, 4.69) is 15.3 Å². The van der Waals surface area contributed by atoms with Crippen LogP contribution in [0.4, 0.5) is 11.5 Å². The Morgan fingerprint density at radius 1 is 1.57 bits per heavy atom. The van der Waals surface area contributed by atoms with Crippen molar-refractivity contribution in [2.45, 2.75) is 5.16 Å². The zero-order valence-electron chi connectivity index (χ0n) is 12.0. The van der Waals surface area contributed by atoms with E-state index in [1.54, 1.807) is 18.2 Å². The predicted octanol–water partition coefficient (Wildman–Crippen LogP) is 2.32. The lowest BCUT2D eigenvalue weighted by atomic mass is 10.3. The number of thioether (sulfide) groups is 1. The number of nitriles is 1. The molecule has 23 heavy (non-hydrogen) atoms. The molecule has 0 fully saturated rings. The average Bonchev–Trinajstić information content (AvgIpc) is 2.53. The van der Waals surface area contributed by atoms with Gasteiger partial charge in [-0.1, -0.05) is 23.4 Å². The maximum atomic E-state index is 11.9. The maximum absolute atomic E-state index is 11.9. The molecule has 0 bridgehead atoms. The van der Waals surface area contributed by atoms with Crippen molar-refractivity contribution in [1.82, 2.24) is 9.97 Å². The van der Waals surface area contributed by atoms with Gasteiger partial charge in [0.1, 0.15) is 23.2 Å². The van der Waals surface area contributed by atoms with Crippen LogP contribution in [0.3, 0.4) is 0 Å². The summed E-state index contributed by atoms with van der Waals surface area (Å²) in [5.74, 6) is 0.463. The van der Waals surface area contributed by atoms with E-state index >= 15 is 0 Å². The summed E-state index contributed by atoms with van der Waals surface area (Å²) < 4.78 is 5.04. The molecule has 0 aliphatic carbocycles. The van der Waals surface area contributed by atoms with Gasteiger partial charge in [0.15, 0.2) is 5.16 Å². The number of anilines is 2. The van der Waals surface area contributed by atoms with Crippen molar-refractivity contribution in [3.05, 3.63) is 35.0 Å². The van der Waals surface area contributed by atoms with Crippen LogP contribution in [0, 0.1) is 11.3 Å². The van der Waals surface area contributed by atoms with Crippen LogP contribution in [0.5, 0.6) is 5.75 Å². The zero-order valence-corrected chi connectivity index (χ0v) is 13.6. The van der Waals surface area contributed by atoms with E-state index < -0.39 is 0 Å². The Morgan fingerprint density at radius 2 is 2.35 bits per heavy atom. The Kier molecular flexibility index (Phi) is 5.62. The van der Waals surface area contributed by atoms with E-state index in [0.29, 0.717) is 21.6 Å². The van der Waals surface area contributed by atoms with Crippen molar-refractivity contribution in [2.24, 2.45) is 0 Å². The molecule has 0 aliphatic heterocycles. The van der Waals surface area contributed by atoms with E-state index in [1.807, 2.05) is 6.07 Å². The lowest BCUT2D eigenvalue weighted by Crippen LogP contribution is -2.14. The van der Waals surface area contributed by atoms with Crippen LogP contribution in [-0.2, 0) is 4.79 Å². The van der Waals surface area contributed by atoms with Crippen molar-refractivity contribution < 1.29 is 9.53 Å². The first-order chi connectivity index (χ1) is 11.0. The number of ether oxygens (including phenoxy) is 1. The molecule has 0 saturated heterocycles. The second kappa shape index (κ2) is 7.67. The molecule has 0 radical (unpaired) electrons. The highest BCUT2D eigenvalue weighted by molar-refractivity contribution is 7.99. The first-order valence-corrected chi connectivity index (χ1v) is 7.68. The van der Waals surface area contributed by atoms with Crippen LogP contribution in [0.15, 0.2) is 29.6 Å². The normalized spacial score (nSPS) is 9.96. The number of hydrogen-bond acceptors (Lipinski definition) is 7. The number of nitrogens with zero attached hydrogens (tertiary/aromatic N) is 3. The van der Waals surface area contributed by atoms with Crippen LogP contribution < -0.4 is 15.8 Å². The Morgan fingerprint density at radius 3 is 2.96 bits per heavy atom. The van der Waals surface area contributed by atoms with Crippen molar-refractivity contribution in [1.29, 1.82) is 5.26 Å². The molecule has 2 aromatic rings. The van der Waals surface area contributed by atoms with E-state index in [0.717, 1.165) is 11.8 Å². The summed E-state index contributed by atoms with van der Waals surface area (Å²) in [7, 11) is 1.51. The number of carbonyl (C=O) groups excluding carboxylic acids is 1. The molecule has 118 valence electrons. The number of nitrogen functional groups attached to an aromatic ring is 1. The molecular weight excluding hydrogens is 338 g/mol. The largest absolute Gasteiger partial charge is 0.495 e. The topological polar surface area (TPSA) is 114 Å². The van der Waals surface area contributed by atoms with Gasteiger partial charge in [0, 0.05) is 5.69 Å². The van der Waals surface area contributed by atoms with E-state index in [1.165, 1.54) is 13.3 Å². The molecule has 0 aliphatic rings. The molecular formula is C14H12ClN5O2S. The van der Waals surface area contributed by atoms with E-state index in [-0.39, 0.29) is 23.0 Å². The number of rotatable bonds is 5. The fourth-order valence-electron chi connectivity index (χ4n) is 1.61. The molecule has 1 amide bonds. The number of benzene rings is 1. The molecule has 1 heterocycles. The van der Waals surface area contributed by atoms with Gasteiger partial charge in [-0.15, -0.1) is 0 Å². The first kappa shape index (κ1) is 16.9. The summed E-state index contributed by atoms with van der Waals surface area (Å²) >= 11 is 7.10. The number of methoxy groups -OCH3 is 1. The summed E-state index contributed by atoms with van der Waals surface area (Å²) in [5.41, 5.74) is 6.35. The van der Waals surface area contributed by atoms with Crippen molar-refractivity contribution in [3.63, 3.8) is 0 Å². The van der Waals surface area contributed by atoms with Crippen molar-refractivity contribution in [3.8, 4) is 11.8 Å². The van der Waals surface area contributed by atoms with Crippen LogP contribution in [-0.4, -0.2) is 28.7 Å². The second-order valence-electron chi connectivity index (χ2n) is 4.25. The molecule has 1 aromatic carbocycles. The third-order valence-corrected chi connectivity index (χ3v) is 3.84. The minimum atomic E-state index is -0.247. The SMILES string of the molecule is COc1ccc(NC(=O)CSc2ncc(C#N)c(N)n2)cc1Cl. The summed E-state index contributed by atoms with van der Waals surface area (Å²) in [6.07, 6.45) is 1.33. The fraction of sp³-hybridized carbons (Fsp3) is 0.143. The van der Waals surface area contributed by atoms with Gasteiger partial charge in [0.2, 0.25) is 5.91 Å². The minimum Gasteiger partial charge on any atom is -0.495 e. The number of halogens is 1. The molecule has 9 heteroatoms. The summed E-state index contributed by atoms with van der Waals surface area (Å²) in [6.45, 7) is 0. The Bertz CT molecular complexity index is 778. The molecule has 2 rings (SSSR count). The van der Waals surface area contributed by atoms with Crippen LogP contribution in [0.2, 0.25) is 5.02 Å². The quantitative estimate of drug-likeness (QED) is 0.628. The van der Waals surface area contributed by atoms with Gasteiger partial charge in [0.25, 0.3) is 0 Å². The highest BCUT2D eigenvalue weighted by atomic mass is 35.5. The Labute approximate surface area is 141 Å².